The fourth-order valence-electron chi connectivity index (χ4n) is 2.08. The number of rotatable bonds is 2. The van der Waals surface area contributed by atoms with Crippen molar-refractivity contribution in [3.8, 4) is 21.6 Å². The van der Waals surface area contributed by atoms with Crippen LogP contribution >= 0.6 is 11.3 Å². The molecule has 2 aromatic heterocycles. The van der Waals surface area contributed by atoms with Crippen LogP contribution in [0.4, 0.5) is 4.39 Å². The van der Waals surface area contributed by atoms with Crippen molar-refractivity contribution in [2.45, 2.75) is 6.92 Å². The average molecular weight is 269 g/mol. The molecule has 19 heavy (non-hydrogen) atoms. The predicted molar refractivity (Wildman–Crippen MR) is 77.7 cm³/mol. The van der Waals surface area contributed by atoms with Crippen LogP contribution in [0.3, 0.4) is 0 Å². The topological polar surface area (TPSA) is 12.9 Å². The van der Waals surface area contributed by atoms with Gasteiger partial charge in [0.2, 0.25) is 0 Å². The van der Waals surface area contributed by atoms with Gasteiger partial charge in [-0.05, 0) is 48.4 Å². The zero-order valence-electron chi connectivity index (χ0n) is 10.4. The first-order chi connectivity index (χ1) is 9.24. The zero-order valence-corrected chi connectivity index (χ0v) is 11.2. The van der Waals surface area contributed by atoms with Gasteiger partial charge in [0.1, 0.15) is 5.82 Å². The highest BCUT2D eigenvalue weighted by Gasteiger charge is 2.11. The quantitative estimate of drug-likeness (QED) is 0.643. The second-order valence-corrected chi connectivity index (χ2v) is 5.60. The van der Waals surface area contributed by atoms with Gasteiger partial charge in [-0.2, -0.15) is 0 Å². The van der Waals surface area contributed by atoms with Crippen molar-refractivity contribution in [3.05, 3.63) is 65.6 Å². The molecule has 2 heterocycles. The van der Waals surface area contributed by atoms with Crippen molar-refractivity contribution in [2.75, 3.05) is 0 Å². The minimum absolute atomic E-state index is 0.206. The molecule has 0 fully saturated rings. The Morgan fingerprint density at radius 2 is 1.63 bits per heavy atom. The first-order valence-corrected chi connectivity index (χ1v) is 6.82. The second-order valence-electron chi connectivity index (χ2n) is 4.34. The van der Waals surface area contributed by atoms with Gasteiger partial charge >= 0.3 is 0 Å². The Kier molecular flexibility index (Phi) is 3.13. The van der Waals surface area contributed by atoms with Gasteiger partial charge in [0.05, 0.1) is 0 Å². The first-order valence-electron chi connectivity index (χ1n) is 6.01. The van der Waals surface area contributed by atoms with E-state index in [1.54, 1.807) is 23.7 Å². The molecule has 94 valence electrons. The second kappa shape index (κ2) is 4.94. The minimum Gasteiger partial charge on any atom is -0.265 e. The van der Waals surface area contributed by atoms with E-state index in [0.29, 0.717) is 0 Å². The van der Waals surface area contributed by atoms with E-state index in [1.807, 2.05) is 24.3 Å². The van der Waals surface area contributed by atoms with E-state index in [-0.39, 0.29) is 5.82 Å². The standard InChI is InChI=1S/C16H12FNS/c1-11-10-15(12-6-8-18-9-7-12)16(19-11)13-2-4-14(17)5-3-13/h2-10H,1H3. The van der Waals surface area contributed by atoms with Crippen LogP contribution in [0, 0.1) is 12.7 Å². The average Bonchev–Trinajstić information content (AvgIpc) is 2.83. The van der Waals surface area contributed by atoms with E-state index in [1.165, 1.54) is 27.5 Å². The summed E-state index contributed by atoms with van der Waals surface area (Å²) in [7, 11) is 0. The Labute approximate surface area is 115 Å². The van der Waals surface area contributed by atoms with E-state index in [0.717, 1.165) is 11.1 Å². The summed E-state index contributed by atoms with van der Waals surface area (Å²) in [5, 5.41) is 0. The summed E-state index contributed by atoms with van der Waals surface area (Å²) >= 11 is 1.73. The van der Waals surface area contributed by atoms with Crippen molar-refractivity contribution >= 4 is 11.3 Å². The highest BCUT2D eigenvalue weighted by Crippen LogP contribution is 2.38. The number of nitrogens with zero attached hydrogens (tertiary/aromatic N) is 1. The molecule has 3 heteroatoms. The Balaban J connectivity index is 2.15. The highest BCUT2D eigenvalue weighted by molar-refractivity contribution is 7.16. The van der Waals surface area contributed by atoms with Crippen molar-refractivity contribution < 1.29 is 4.39 Å². The molecule has 0 spiro atoms. The van der Waals surface area contributed by atoms with Crippen molar-refractivity contribution in [2.24, 2.45) is 0 Å². The van der Waals surface area contributed by atoms with Crippen LogP contribution in [0.5, 0.6) is 0 Å². The summed E-state index contributed by atoms with van der Waals surface area (Å²) in [5.74, 6) is -0.206. The van der Waals surface area contributed by atoms with Crippen LogP contribution in [-0.2, 0) is 0 Å². The molecule has 0 amide bonds. The highest BCUT2D eigenvalue weighted by atomic mass is 32.1. The summed E-state index contributed by atoms with van der Waals surface area (Å²) in [4.78, 5) is 6.46. The Hall–Kier alpha value is -2.00. The van der Waals surface area contributed by atoms with Gasteiger partial charge in [-0.1, -0.05) is 12.1 Å². The lowest BCUT2D eigenvalue weighted by Gasteiger charge is -2.04. The van der Waals surface area contributed by atoms with Crippen molar-refractivity contribution in [1.82, 2.24) is 4.98 Å². The number of aromatic nitrogens is 1. The third kappa shape index (κ3) is 2.42. The molecule has 0 N–H and O–H groups in total. The van der Waals surface area contributed by atoms with Crippen LogP contribution in [0.2, 0.25) is 0 Å². The van der Waals surface area contributed by atoms with Crippen molar-refractivity contribution in [3.63, 3.8) is 0 Å². The maximum absolute atomic E-state index is 13.0. The summed E-state index contributed by atoms with van der Waals surface area (Å²) < 4.78 is 13.0. The first kappa shape index (κ1) is 12.1. The fourth-order valence-corrected chi connectivity index (χ4v) is 3.12. The SMILES string of the molecule is Cc1cc(-c2ccncc2)c(-c2ccc(F)cc2)s1. The Bertz CT molecular complexity index is 687. The molecule has 0 saturated heterocycles. The Morgan fingerprint density at radius 1 is 0.947 bits per heavy atom. The van der Waals surface area contributed by atoms with Crippen LogP contribution in [0.1, 0.15) is 4.88 Å². The molecular weight excluding hydrogens is 257 g/mol. The molecule has 1 aromatic carbocycles. The summed E-state index contributed by atoms with van der Waals surface area (Å²) in [5.41, 5.74) is 3.36. The molecule has 0 bridgehead atoms. The zero-order chi connectivity index (χ0) is 13.2. The van der Waals surface area contributed by atoms with Crippen LogP contribution in [-0.4, -0.2) is 4.98 Å². The monoisotopic (exact) mass is 269 g/mol. The maximum atomic E-state index is 13.0. The van der Waals surface area contributed by atoms with Gasteiger partial charge in [0, 0.05) is 27.7 Å². The number of thiophene rings is 1. The molecule has 0 aliphatic rings. The molecule has 0 saturated carbocycles. The lowest BCUT2D eigenvalue weighted by atomic mass is 10.0. The van der Waals surface area contributed by atoms with Gasteiger partial charge in [0.25, 0.3) is 0 Å². The summed E-state index contributed by atoms with van der Waals surface area (Å²) in [6, 6.07) is 12.8. The van der Waals surface area contributed by atoms with Gasteiger partial charge < -0.3 is 0 Å². The molecule has 1 nitrogen and oxygen atoms in total. The minimum atomic E-state index is -0.206. The summed E-state index contributed by atoms with van der Waals surface area (Å²) in [6.45, 7) is 2.09. The number of benzene rings is 1. The van der Waals surface area contributed by atoms with E-state index in [4.69, 9.17) is 0 Å². The van der Waals surface area contributed by atoms with E-state index in [2.05, 4.69) is 18.0 Å². The molecule has 0 atom stereocenters. The molecule has 0 radical (unpaired) electrons. The van der Waals surface area contributed by atoms with E-state index < -0.39 is 0 Å². The Morgan fingerprint density at radius 3 is 2.32 bits per heavy atom. The predicted octanol–water partition coefficient (Wildman–Crippen LogP) is 4.92. The number of hydrogen-bond acceptors (Lipinski definition) is 2. The van der Waals surface area contributed by atoms with Gasteiger partial charge in [-0.25, -0.2) is 4.39 Å². The maximum Gasteiger partial charge on any atom is 0.123 e. The number of hydrogen-bond donors (Lipinski definition) is 0. The molecule has 0 aliphatic carbocycles. The third-order valence-electron chi connectivity index (χ3n) is 2.95. The molecule has 3 rings (SSSR count). The van der Waals surface area contributed by atoms with E-state index >= 15 is 0 Å². The van der Waals surface area contributed by atoms with Gasteiger partial charge in [-0.15, -0.1) is 11.3 Å². The lowest BCUT2D eigenvalue weighted by molar-refractivity contribution is 0.628. The number of aryl methyl sites for hydroxylation is 1. The molecule has 0 unspecified atom stereocenters. The fraction of sp³-hybridized carbons (Fsp3) is 0.0625. The number of pyridine rings is 1. The van der Waals surface area contributed by atoms with Gasteiger partial charge in [0.15, 0.2) is 0 Å². The molecular formula is C16H12FNS. The third-order valence-corrected chi connectivity index (χ3v) is 4.05. The number of halogens is 1. The smallest absolute Gasteiger partial charge is 0.123 e. The largest absolute Gasteiger partial charge is 0.265 e. The molecule has 0 aliphatic heterocycles. The lowest BCUT2D eigenvalue weighted by Crippen LogP contribution is -1.80. The molecule has 3 aromatic rings. The van der Waals surface area contributed by atoms with Crippen LogP contribution in [0.15, 0.2) is 54.9 Å². The van der Waals surface area contributed by atoms with E-state index in [9.17, 15) is 4.39 Å². The van der Waals surface area contributed by atoms with Crippen LogP contribution in [0.25, 0.3) is 21.6 Å². The van der Waals surface area contributed by atoms with Crippen LogP contribution < -0.4 is 0 Å². The normalized spacial score (nSPS) is 10.6. The van der Waals surface area contributed by atoms with Gasteiger partial charge in [-0.3, -0.25) is 4.98 Å². The summed E-state index contributed by atoms with van der Waals surface area (Å²) in [6.07, 6.45) is 3.58. The van der Waals surface area contributed by atoms with Crippen molar-refractivity contribution in [1.29, 1.82) is 0 Å².